The van der Waals surface area contributed by atoms with Gasteiger partial charge in [-0.05, 0) is 44.6 Å². The molecule has 3 heteroatoms. The highest BCUT2D eigenvalue weighted by atomic mass is 15.1. The van der Waals surface area contributed by atoms with Gasteiger partial charge < -0.3 is 10.2 Å². The number of hydrogen-bond donors (Lipinski definition) is 1. The van der Waals surface area contributed by atoms with Gasteiger partial charge in [0.25, 0.3) is 0 Å². The number of nitrogens with zero attached hydrogens (tertiary/aromatic N) is 2. The predicted octanol–water partition coefficient (Wildman–Crippen LogP) is 0.842. The van der Waals surface area contributed by atoms with E-state index in [2.05, 4.69) is 28.3 Å². The van der Waals surface area contributed by atoms with Crippen molar-refractivity contribution >= 4 is 6.34 Å². The lowest BCUT2D eigenvalue weighted by Crippen LogP contribution is -2.37. The van der Waals surface area contributed by atoms with E-state index >= 15 is 0 Å². The van der Waals surface area contributed by atoms with Crippen molar-refractivity contribution in [2.24, 2.45) is 10.9 Å². The Hall–Kier alpha value is -0.830. The number of aliphatic imine (C=N–C) groups is 1. The molecule has 0 bridgehead atoms. The van der Waals surface area contributed by atoms with Crippen molar-refractivity contribution in [3.05, 3.63) is 12.3 Å². The molecule has 1 fully saturated rings. The first-order valence-electron chi connectivity index (χ1n) is 4.99. The molecule has 0 radical (unpaired) electrons. The molecule has 2 aliphatic rings. The Morgan fingerprint density at radius 1 is 1.54 bits per heavy atom. The summed E-state index contributed by atoms with van der Waals surface area (Å²) in [5.74, 6) is 0.716. The van der Waals surface area contributed by atoms with Crippen molar-refractivity contribution in [3.63, 3.8) is 0 Å². The van der Waals surface area contributed by atoms with E-state index in [1.807, 2.05) is 6.20 Å². The highest BCUT2D eigenvalue weighted by Crippen LogP contribution is 2.21. The molecule has 3 nitrogen and oxygen atoms in total. The molecule has 2 aliphatic heterocycles. The quantitative estimate of drug-likeness (QED) is 0.646. The fraction of sp³-hybridized carbons (Fsp3) is 0.700. The normalized spacial score (nSPS) is 34.5. The third kappa shape index (κ3) is 2.10. The van der Waals surface area contributed by atoms with Gasteiger partial charge in [-0.3, -0.25) is 4.99 Å². The second-order valence-corrected chi connectivity index (χ2v) is 3.96. The molecule has 0 amide bonds. The van der Waals surface area contributed by atoms with Crippen molar-refractivity contribution < 1.29 is 0 Å². The van der Waals surface area contributed by atoms with E-state index in [1.54, 1.807) is 6.34 Å². The van der Waals surface area contributed by atoms with Crippen LogP contribution >= 0.6 is 0 Å². The van der Waals surface area contributed by atoms with Crippen molar-refractivity contribution in [1.29, 1.82) is 0 Å². The molecule has 0 aromatic heterocycles. The molecular formula is C10H17N3. The first-order chi connectivity index (χ1) is 6.36. The van der Waals surface area contributed by atoms with Gasteiger partial charge in [-0.25, -0.2) is 0 Å². The molecule has 1 saturated heterocycles. The number of hydrogen-bond acceptors (Lipinski definition) is 3. The van der Waals surface area contributed by atoms with E-state index < -0.39 is 0 Å². The predicted molar refractivity (Wildman–Crippen MR) is 54.8 cm³/mol. The van der Waals surface area contributed by atoms with E-state index in [1.165, 1.54) is 25.9 Å². The Balaban J connectivity index is 1.95. The average molecular weight is 179 g/mol. The van der Waals surface area contributed by atoms with Crippen LogP contribution in [0, 0.1) is 5.92 Å². The van der Waals surface area contributed by atoms with Crippen LogP contribution in [0.1, 0.15) is 12.8 Å². The highest BCUT2D eigenvalue weighted by molar-refractivity contribution is 5.57. The average Bonchev–Trinajstić information content (AvgIpc) is 2.19. The minimum Gasteiger partial charge on any atom is -0.353 e. The van der Waals surface area contributed by atoms with Gasteiger partial charge in [0.2, 0.25) is 0 Å². The zero-order valence-electron chi connectivity index (χ0n) is 8.11. The van der Waals surface area contributed by atoms with Crippen LogP contribution in [0.3, 0.4) is 0 Å². The van der Waals surface area contributed by atoms with Crippen LogP contribution in [0.15, 0.2) is 17.3 Å². The Morgan fingerprint density at radius 2 is 2.46 bits per heavy atom. The molecular weight excluding hydrogens is 162 g/mol. The van der Waals surface area contributed by atoms with Gasteiger partial charge in [-0.15, -0.1) is 0 Å². The van der Waals surface area contributed by atoms with Crippen molar-refractivity contribution in [2.75, 3.05) is 20.1 Å². The zero-order valence-corrected chi connectivity index (χ0v) is 8.11. The number of piperidine rings is 1. The Morgan fingerprint density at radius 3 is 3.15 bits per heavy atom. The Kier molecular flexibility index (Phi) is 2.64. The lowest BCUT2D eigenvalue weighted by Gasteiger charge is -2.32. The van der Waals surface area contributed by atoms with Crippen LogP contribution in [-0.2, 0) is 0 Å². The lowest BCUT2D eigenvalue weighted by atomic mass is 9.91. The van der Waals surface area contributed by atoms with E-state index in [9.17, 15) is 0 Å². The summed E-state index contributed by atoms with van der Waals surface area (Å²) in [7, 11) is 2.20. The standard InChI is InChI=1S/C10H17N3/c1-13-6-2-3-9(7-13)10-4-5-11-8-12-10/h4-5,8-10H,2-3,6-7H2,1H3,(H,11,12). The summed E-state index contributed by atoms with van der Waals surface area (Å²) in [6.07, 6.45) is 8.60. The molecule has 0 saturated carbocycles. The van der Waals surface area contributed by atoms with Crippen molar-refractivity contribution in [1.82, 2.24) is 10.2 Å². The van der Waals surface area contributed by atoms with Crippen LogP contribution in [-0.4, -0.2) is 37.4 Å². The molecule has 2 heterocycles. The first-order valence-corrected chi connectivity index (χ1v) is 4.99. The monoisotopic (exact) mass is 179 g/mol. The lowest BCUT2D eigenvalue weighted by molar-refractivity contribution is 0.199. The van der Waals surface area contributed by atoms with Gasteiger partial charge in [-0.1, -0.05) is 0 Å². The van der Waals surface area contributed by atoms with Crippen LogP contribution in [0.4, 0.5) is 0 Å². The maximum absolute atomic E-state index is 4.44. The summed E-state index contributed by atoms with van der Waals surface area (Å²) < 4.78 is 0. The number of nitrogens with one attached hydrogen (secondary N) is 1. The van der Waals surface area contributed by atoms with Crippen LogP contribution < -0.4 is 5.32 Å². The summed E-state index contributed by atoms with van der Waals surface area (Å²) in [6, 6.07) is 0.406. The number of rotatable bonds is 1. The highest BCUT2D eigenvalue weighted by Gasteiger charge is 2.23. The molecule has 2 atom stereocenters. The van der Waals surface area contributed by atoms with Crippen molar-refractivity contribution in [2.45, 2.75) is 18.9 Å². The number of likely N-dealkylation sites (tertiary alicyclic amines) is 1. The summed E-state index contributed by atoms with van der Waals surface area (Å²) in [5.41, 5.74) is 0. The van der Waals surface area contributed by atoms with Crippen molar-refractivity contribution in [3.8, 4) is 0 Å². The summed E-state index contributed by atoms with van der Waals surface area (Å²) in [5, 5.41) is 2.98. The molecule has 0 aliphatic carbocycles. The van der Waals surface area contributed by atoms with Gasteiger partial charge in [0, 0.05) is 6.54 Å². The minimum absolute atomic E-state index is 0.406. The molecule has 72 valence electrons. The summed E-state index contributed by atoms with van der Waals surface area (Å²) in [4.78, 5) is 6.84. The molecule has 0 spiro atoms. The fourth-order valence-electron chi connectivity index (χ4n) is 2.14. The molecule has 1 N–H and O–H groups in total. The molecule has 2 unspecified atom stereocenters. The van der Waals surface area contributed by atoms with Crippen LogP contribution in [0.2, 0.25) is 0 Å². The van der Waals surface area contributed by atoms with Gasteiger partial charge in [0.05, 0.1) is 12.4 Å². The molecule has 0 aromatic rings. The zero-order chi connectivity index (χ0) is 9.10. The second kappa shape index (κ2) is 3.92. The van der Waals surface area contributed by atoms with Gasteiger partial charge in [-0.2, -0.15) is 0 Å². The summed E-state index contributed by atoms with van der Waals surface area (Å²) >= 11 is 0. The largest absolute Gasteiger partial charge is 0.353 e. The third-order valence-electron chi connectivity index (χ3n) is 2.85. The molecule has 2 rings (SSSR count). The maximum Gasteiger partial charge on any atom is 0.0870 e. The van der Waals surface area contributed by atoms with Crippen LogP contribution in [0.25, 0.3) is 0 Å². The van der Waals surface area contributed by atoms with Crippen LogP contribution in [0.5, 0.6) is 0 Å². The van der Waals surface area contributed by atoms with Gasteiger partial charge >= 0.3 is 0 Å². The smallest absolute Gasteiger partial charge is 0.0870 e. The minimum atomic E-state index is 0.406. The Bertz CT molecular complexity index is 210. The van der Waals surface area contributed by atoms with E-state index in [4.69, 9.17) is 0 Å². The maximum atomic E-state index is 4.44. The van der Waals surface area contributed by atoms with Gasteiger partial charge in [0.15, 0.2) is 0 Å². The summed E-state index contributed by atoms with van der Waals surface area (Å²) in [6.45, 7) is 2.43. The van der Waals surface area contributed by atoms with E-state index in [0.29, 0.717) is 12.0 Å². The van der Waals surface area contributed by atoms with E-state index in [0.717, 1.165) is 0 Å². The van der Waals surface area contributed by atoms with E-state index in [-0.39, 0.29) is 0 Å². The molecule has 13 heavy (non-hydrogen) atoms. The third-order valence-corrected chi connectivity index (χ3v) is 2.85. The topological polar surface area (TPSA) is 27.6 Å². The first kappa shape index (κ1) is 8.75. The SMILES string of the molecule is CN1CCCC(C2C=CNC=N2)C1. The Labute approximate surface area is 79.5 Å². The second-order valence-electron chi connectivity index (χ2n) is 3.96. The van der Waals surface area contributed by atoms with Gasteiger partial charge in [0.1, 0.15) is 0 Å². The fourth-order valence-corrected chi connectivity index (χ4v) is 2.14. The molecule has 0 aromatic carbocycles.